The second-order valence-electron chi connectivity index (χ2n) is 3.18. The van der Waals surface area contributed by atoms with E-state index >= 15 is 0 Å². The molecule has 7 heteroatoms. The third-order valence-corrected chi connectivity index (χ3v) is 3.82. The van der Waals surface area contributed by atoms with Crippen molar-refractivity contribution in [3.63, 3.8) is 0 Å². The summed E-state index contributed by atoms with van der Waals surface area (Å²) in [5.74, 6) is -0.243. The predicted molar refractivity (Wildman–Crippen MR) is 65.1 cm³/mol. The highest BCUT2D eigenvalue weighted by atomic mass is 32.2. The average Bonchev–Trinajstić information content (AvgIpc) is 2.69. The second-order valence-corrected chi connectivity index (χ2v) is 5.68. The Kier molecular flexibility index (Phi) is 3.39. The Balaban J connectivity index is 2.30. The van der Waals surface area contributed by atoms with Crippen molar-refractivity contribution in [1.82, 2.24) is 10.2 Å². The number of methoxy groups -OCH3 is 1. The van der Waals surface area contributed by atoms with Crippen LogP contribution in [0.2, 0.25) is 0 Å². The lowest BCUT2D eigenvalue weighted by Gasteiger charge is -2.07. The number of benzene rings is 1. The summed E-state index contributed by atoms with van der Waals surface area (Å²) in [7, 11) is 1.43. The van der Waals surface area contributed by atoms with Gasteiger partial charge < -0.3 is 14.9 Å². The van der Waals surface area contributed by atoms with Gasteiger partial charge in [0.2, 0.25) is 5.75 Å². The van der Waals surface area contributed by atoms with Gasteiger partial charge in [0.15, 0.2) is 15.8 Å². The van der Waals surface area contributed by atoms with Crippen LogP contribution in [0.3, 0.4) is 0 Å². The lowest BCUT2D eigenvalue weighted by atomic mass is 10.3. The highest BCUT2D eigenvalue weighted by Crippen LogP contribution is 2.41. The van der Waals surface area contributed by atoms with Gasteiger partial charge in [0.05, 0.1) is 7.11 Å². The van der Waals surface area contributed by atoms with Crippen LogP contribution in [0.15, 0.2) is 21.4 Å². The van der Waals surface area contributed by atoms with Gasteiger partial charge in [0.25, 0.3) is 0 Å². The van der Waals surface area contributed by atoms with Crippen LogP contribution in [0.25, 0.3) is 0 Å². The van der Waals surface area contributed by atoms with E-state index in [2.05, 4.69) is 10.2 Å². The summed E-state index contributed by atoms with van der Waals surface area (Å²) in [4.78, 5) is 0.730. The van der Waals surface area contributed by atoms with Crippen LogP contribution in [-0.4, -0.2) is 27.5 Å². The normalized spacial score (nSPS) is 10.5. The predicted octanol–water partition coefficient (Wildman–Crippen LogP) is 2.42. The molecule has 1 heterocycles. The maximum Gasteiger partial charge on any atom is 0.200 e. The molecule has 5 nitrogen and oxygen atoms in total. The third-order valence-electron chi connectivity index (χ3n) is 1.96. The lowest BCUT2D eigenvalue weighted by Crippen LogP contribution is -1.85. The van der Waals surface area contributed by atoms with Crippen molar-refractivity contribution in [2.45, 2.75) is 16.2 Å². The molecule has 1 aromatic carbocycles. The summed E-state index contributed by atoms with van der Waals surface area (Å²) in [6, 6.07) is 3.09. The molecule has 0 amide bonds. The van der Waals surface area contributed by atoms with Crippen molar-refractivity contribution in [3.8, 4) is 17.2 Å². The molecule has 0 saturated heterocycles. The van der Waals surface area contributed by atoms with Crippen molar-refractivity contribution < 1.29 is 14.9 Å². The molecule has 17 heavy (non-hydrogen) atoms. The maximum absolute atomic E-state index is 9.52. The molecular weight excluding hydrogens is 260 g/mol. The molecule has 0 fully saturated rings. The van der Waals surface area contributed by atoms with E-state index in [-0.39, 0.29) is 17.2 Å². The zero-order valence-corrected chi connectivity index (χ0v) is 10.8. The van der Waals surface area contributed by atoms with Crippen LogP contribution in [-0.2, 0) is 0 Å². The van der Waals surface area contributed by atoms with Crippen molar-refractivity contribution in [1.29, 1.82) is 0 Å². The number of aromatic nitrogens is 2. The third kappa shape index (κ3) is 2.62. The number of nitrogens with zero attached hydrogens (tertiary/aromatic N) is 2. The molecule has 0 aliphatic rings. The van der Waals surface area contributed by atoms with Crippen LogP contribution in [0.5, 0.6) is 17.2 Å². The van der Waals surface area contributed by atoms with Crippen LogP contribution in [0.1, 0.15) is 5.01 Å². The van der Waals surface area contributed by atoms with Crippen LogP contribution in [0, 0.1) is 6.92 Å². The van der Waals surface area contributed by atoms with Gasteiger partial charge >= 0.3 is 0 Å². The Labute approximate surface area is 106 Å². The summed E-state index contributed by atoms with van der Waals surface area (Å²) >= 11 is 2.82. The quantitative estimate of drug-likeness (QED) is 0.834. The molecule has 0 radical (unpaired) electrons. The minimum Gasteiger partial charge on any atom is -0.504 e. The van der Waals surface area contributed by atoms with E-state index in [4.69, 9.17) is 4.74 Å². The molecule has 0 unspecified atom stereocenters. The minimum atomic E-state index is -0.259. The first-order valence-corrected chi connectivity index (χ1v) is 6.31. The van der Waals surface area contributed by atoms with Gasteiger partial charge in [-0.05, 0) is 19.1 Å². The number of hydrogen-bond acceptors (Lipinski definition) is 7. The first-order chi connectivity index (χ1) is 8.10. The number of ether oxygens (including phenoxy) is 1. The Morgan fingerprint density at radius 2 is 2.06 bits per heavy atom. The highest BCUT2D eigenvalue weighted by molar-refractivity contribution is 8.01. The van der Waals surface area contributed by atoms with Crippen LogP contribution < -0.4 is 4.74 Å². The van der Waals surface area contributed by atoms with Gasteiger partial charge in [-0.3, -0.25) is 0 Å². The topological polar surface area (TPSA) is 75.5 Å². The lowest BCUT2D eigenvalue weighted by molar-refractivity contribution is 0.349. The summed E-state index contributed by atoms with van der Waals surface area (Å²) < 4.78 is 5.73. The Hall–Kier alpha value is -1.47. The number of rotatable bonds is 3. The highest BCUT2D eigenvalue weighted by Gasteiger charge is 2.12. The molecule has 90 valence electrons. The van der Waals surface area contributed by atoms with Gasteiger partial charge in [-0.2, -0.15) is 0 Å². The molecule has 0 bridgehead atoms. The smallest absolute Gasteiger partial charge is 0.200 e. The molecular formula is C10H10N2O3S2. The SMILES string of the molecule is COc1cc(Sc2nnc(C)s2)cc(O)c1O. The number of phenols is 2. The first kappa shape index (κ1) is 12.0. The van der Waals surface area contributed by atoms with E-state index in [0.717, 1.165) is 14.2 Å². The molecule has 2 aromatic rings. The summed E-state index contributed by atoms with van der Waals surface area (Å²) in [5.41, 5.74) is 0. The number of phenolic OH excluding ortho intramolecular Hbond substituents is 2. The number of aromatic hydroxyl groups is 2. The Morgan fingerprint density at radius 1 is 1.29 bits per heavy atom. The fourth-order valence-corrected chi connectivity index (χ4v) is 3.06. The summed E-state index contributed by atoms with van der Waals surface area (Å²) in [6.07, 6.45) is 0. The first-order valence-electron chi connectivity index (χ1n) is 4.68. The largest absolute Gasteiger partial charge is 0.504 e. The fourth-order valence-electron chi connectivity index (χ4n) is 1.20. The number of hydrogen-bond donors (Lipinski definition) is 2. The molecule has 1 aromatic heterocycles. The second kappa shape index (κ2) is 4.80. The molecule has 2 N–H and O–H groups in total. The fraction of sp³-hybridized carbons (Fsp3) is 0.200. The van der Waals surface area contributed by atoms with E-state index in [1.165, 1.54) is 36.3 Å². The van der Waals surface area contributed by atoms with Gasteiger partial charge in [-0.15, -0.1) is 10.2 Å². The number of aryl methyl sites for hydroxylation is 1. The van der Waals surface area contributed by atoms with Gasteiger partial charge in [-0.25, -0.2) is 0 Å². The van der Waals surface area contributed by atoms with Crippen LogP contribution in [0.4, 0.5) is 0 Å². The zero-order chi connectivity index (χ0) is 12.4. The Bertz CT molecular complexity index is 542. The van der Waals surface area contributed by atoms with Crippen LogP contribution >= 0.6 is 23.1 Å². The molecule has 0 aliphatic heterocycles. The average molecular weight is 270 g/mol. The van der Waals surface area contributed by atoms with Crippen molar-refractivity contribution in [2.75, 3.05) is 7.11 Å². The van der Waals surface area contributed by atoms with E-state index < -0.39 is 0 Å². The van der Waals surface area contributed by atoms with Gasteiger partial charge in [0.1, 0.15) is 5.01 Å². The zero-order valence-electron chi connectivity index (χ0n) is 9.17. The van der Waals surface area contributed by atoms with Crippen molar-refractivity contribution >= 4 is 23.1 Å². The molecule has 2 rings (SSSR count). The summed E-state index contributed by atoms with van der Waals surface area (Å²) in [6.45, 7) is 1.87. The van der Waals surface area contributed by atoms with E-state index in [0.29, 0.717) is 0 Å². The van der Waals surface area contributed by atoms with Crippen molar-refractivity contribution in [3.05, 3.63) is 17.1 Å². The molecule has 0 saturated carbocycles. The molecule has 0 atom stereocenters. The van der Waals surface area contributed by atoms with Gasteiger partial charge in [-0.1, -0.05) is 23.1 Å². The van der Waals surface area contributed by atoms with E-state index in [1.54, 1.807) is 6.07 Å². The maximum atomic E-state index is 9.52. The summed E-state index contributed by atoms with van der Waals surface area (Å²) in [5, 5.41) is 27.7. The Morgan fingerprint density at radius 3 is 2.65 bits per heavy atom. The standard InChI is InChI=1S/C10H10N2O3S2/c1-5-11-12-10(16-5)17-6-3-7(13)9(14)8(4-6)15-2/h3-4,13-14H,1-2H3. The minimum absolute atomic E-state index is 0.215. The van der Waals surface area contributed by atoms with Gasteiger partial charge in [0, 0.05) is 4.90 Å². The van der Waals surface area contributed by atoms with E-state index in [1.807, 2.05) is 6.92 Å². The van der Waals surface area contributed by atoms with E-state index in [9.17, 15) is 10.2 Å². The molecule has 0 spiro atoms. The van der Waals surface area contributed by atoms with Crippen molar-refractivity contribution in [2.24, 2.45) is 0 Å². The molecule has 0 aliphatic carbocycles. The monoisotopic (exact) mass is 270 g/mol.